The fourth-order valence-electron chi connectivity index (χ4n) is 1.18. The predicted octanol–water partition coefficient (Wildman–Crippen LogP) is 2.31. The monoisotopic (exact) mass is 200 g/mol. The van der Waals surface area contributed by atoms with Gasteiger partial charge in [-0.05, 0) is 34.1 Å². The van der Waals surface area contributed by atoms with E-state index in [1.165, 1.54) is 6.08 Å². The molecule has 0 aliphatic rings. The van der Waals surface area contributed by atoms with Crippen LogP contribution in [0.1, 0.15) is 34.1 Å². The number of hydrogen-bond donors (Lipinski definition) is 0. The average Bonchev–Trinajstić information content (AvgIpc) is 2.03. The summed E-state index contributed by atoms with van der Waals surface area (Å²) in [5.41, 5.74) is 0.739. The highest BCUT2D eigenvalue weighted by Gasteiger charge is 2.17. The fraction of sp³-hybridized carbons (Fsp3) is 0.727. The van der Waals surface area contributed by atoms with Crippen LogP contribution in [0.15, 0.2) is 11.6 Å². The molecule has 0 rings (SSSR count). The fourth-order valence-corrected chi connectivity index (χ4v) is 1.18. The van der Waals surface area contributed by atoms with E-state index < -0.39 is 0 Å². The van der Waals surface area contributed by atoms with Gasteiger partial charge in [0.05, 0.1) is 12.2 Å². The molecule has 0 aromatic carbocycles. The zero-order valence-corrected chi connectivity index (χ0v) is 9.72. The molecule has 0 saturated heterocycles. The van der Waals surface area contributed by atoms with E-state index in [1.54, 1.807) is 14.0 Å². The predicted molar refractivity (Wildman–Crippen MR) is 56.1 cm³/mol. The smallest absolute Gasteiger partial charge is 0.330 e. The molecule has 3 heteroatoms. The van der Waals surface area contributed by atoms with Crippen molar-refractivity contribution in [2.75, 3.05) is 13.7 Å². The zero-order valence-electron chi connectivity index (χ0n) is 9.72. The summed E-state index contributed by atoms with van der Waals surface area (Å²) >= 11 is 0. The summed E-state index contributed by atoms with van der Waals surface area (Å²) in [5, 5.41) is 0. The molecule has 0 aromatic rings. The Morgan fingerprint density at radius 3 is 2.43 bits per heavy atom. The third-order valence-corrected chi connectivity index (χ3v) is 1.91. The van der Waals surface area contributed by atoms with E-state index in [9.17, 15) is 4.79 Å². The molecule has 3 nitrogen and oxygen atoms in total. The molecule has 0 unspecified atom stereocenters. The van der Waals surface area contributed by atoms with Crippen LogP contribution in [0.2, 0.25) is 0 Å². The van der Waals surface area contributed by atoms with Gasteiger partial charge >= 0.3 is 5.97 Å². The Morgan fingerprint density at radius 1 is 1.43 bits per heavy atom. The third-order valence-electron chi connectivity index (χ3n) is 1.91. The van der Waals surface area contributed by atoms with Crippen molar-refractivity contribution >= 4 is 5.97 Å². The third kappa shape index (κ3) is 5.75. The molecule has 0 aromatic heterocycles. The molecule has 0 fully saturated rings. The Hall–Kier alpha value is -0.830. The highest BCUT2D eigenvalue weighted by Crippen LogP contribution is 2.18. The van der Waals surface area contributed by atoms with Crippen molar-refractivity contribution < 1.29 is 14.3 Å². The molecule has 0 N–H and O–H groups in total. The van der Waals surface area contributed by atoms with E-state index in [1.807, 2.05) is 20.8 Å². The molecule has 0 spiro atoms. The van der Waals surface area contributed by atoms with E-state index in [0.717, 1.165) is 12.0 Å². The van der Waals surface area contributed by atoms with Gasteiger partial charge in [0.25, 0.3) is 0 Å². The Kier molecular flexibility index (Phi) is 5.46. The van der Waals surface area contributed by atoms with Gasteiger partial charge in [-0.15, -0.1) is 0 Å². The van der Waals surface area contributed by atoms with E-state index in [0.29, 0.717) is 6.61 Å². The second-order valence-electron chi connectivity index (χ2n) is 3.88. The molecule has 0 heterocycles. The van der Waals surface area contributed by atoms with Gasteiger partial charge in [-0.25, -0.2) is 4.79 Å². The second kappa shape index (κ2) is 5.81. The lowest BCUT2D eigenvalue weighted by Gasteiger charge is -2.22. The lowest BCUT2D eigenvalue weighted by atomic mass is 9.99. The number of carbonyl (C=O) groups excluding carboxylic acids is 1. The number of carbonyl (C=O) groups is 1. The molecule has 0 aliphatic carbocycles. The van der Waals surface area contributed by atoms with Gasteiger partial charge < -0.3 is 9.47 Å². The summed E-state index contributed by atoms with van der Waals surface area (Å²) < 4.78 is 10.1. The molecule has 0 saturated carbocycles. The van der Waals surface area contributed by atoms with E-state index in [-0.39, 0.29) is 11.6 Å². The lowest BCUT2D eigenvalue weighted by Crippen LogP contribution is -2.22. The van der Waals surface area contributed by atoms with Crippen LogP contribution in [0, 0.1) is 0 Å². The summed E-state index contributed by atoms with van der Waals surface area (Å²) in [7, 11) is 1.66. The van der Waals surface area contributed by atoms with Crippen LogP contribution < -0.4 is 0 Å². The average molecular weight is 200 g/mol. The first-order valence-electron chi connectivity index (χ1n) is 4.80. The quantitative estimate of drug-likeness (QED) is 0.504. The van der Waals surface area contributed by atoms with Crippen LogP contribution in [0.25, 0.3) is 0 Å². The van der Waals surface area contributed by atoms with E-state index in [4.69, 9.17) is 9.47 Å². The first-order valence-corrected chi connectivity index (χ1v) is 4.80. The molecule has 0 bridgehead atoms. The van der Waals surface area contributed by atoms with Gasteiger partial charge in [-0.2, -0.15) is 0 Å². The molecular formula is C11H20O3. The zero-order chi connectivity index (χ0) is 11.2. The number of esters is 1. The van der Waals surface area contributed by atoms with Crippen molar-refractivity contribution in [1.29, 1.82) is 0 Å². The van der Waals surface area contributed by atoms with Crippen molar-refractivity contribution in [2.24, 2.45) is 0 Å². The summed E-state index contributed by atoms with van der Waals surface area (Å²) in [6, 6.07) is 0. The van der Waals surface area contributed by atoms with Gasteiger partial charge in [0.1, 0.15) is 0 Å². The standard InChI is InChI=1S/C11H20O3/c1-6-14-10(12)7-9(2)8-11(3,4)13-5/h7H,6,8H2,1-5H3. The number of hydrogen-bond acceptors (Lipinski definition) is 3. The summed E-state index contributed by atoms with van der Waals surface area (Å²) in [6.45, 7) is 8.07. The maximum absolute atomic E-state index is 11.1. The van der Waals surface area contributed by atoms with Gasteiger partial charge in [0, 0.05) is 13.2 Å². The van der Waals surface area contributed by atoms with Crippen LogP contribution in [-0.2, 0) is 14.3 Å². The number of methoxy groups -OCH3 is 1. The normalized spacial score (nSPS) is 12.8. The van der Waals surface area contributed by atoms with Crippen LogP contribution in [0.4, 0.5) is 0 Å². The first-order chi connectivity index (χ1) is 6.41. The maximum Gasteiger partial charge on any atom is 0.330 e. The van der Waals surface area contributed by atoms with Crippen molar-refractivity contribution in [3.05, 3.63) is 11.6 Å². The Bertz CT molecular complexity index is 217. The minimum absolute atomic E-state index is 0.229. The molecule has 82 valence electrons. The van der Waals surface area contributed by atoms with Crippen molar-refractivity contribution in [3.63, 3.8) is 0 Å². The number of rotatable bonds is 5. The van der Waals surface area contributed by atoms with Gasteiger partial charge in [0.15, 0.2) is 0 Å². The van der Waals surface area contributed by atoms with Crippen molar-refractivity contribution in [3.8, 4) is 0 Å². The highest BCUT2D eigenvalue weighted by molar-refractivity contribution is 5.82. The van der Waals surface area contributed by atoms with Crippen LogP contribution in [0.3, 0.4) is 0 Å². The Balaban J connectivity index is 4.19. The largest absolute Gasteiger partial charge is 0.463 e. The molecule has 0 aliphatic heterocycles. The molecule has 0 radical (unpaired) electrons. The molecule has 14 heavy (non-hydrogen) atoms. The van der Waals surface area contributed by atoms with E-state index in [2.05, 4.69) is 0 Å². The summed E-state index contributed by atoms with van der Waals surface area (Å²) in [4.78, 5) is 11.1. The summed E-state index contributed by atoms with van der Waals surface area (Å²) in [5.74, 6) is -0.281. The number of ether oxygens (including phenoxy) is 2. The first kappa shape index (κ1) is 13.2. The SMILES string of the molecule is CCOC(=O)C=C(C)CC(C)(C)OC. The Morgan fingerprint density at radius 2 is 2.00 bits per heavy atom. The van der Waals surface area contributed by atoms with Crippen LogP contribution >= 0.6 is 0 Å². The summed E-state index contributed by atoms with van der Waals surface area (Å²) in [6.07, 6.45) is 2.24. The van der Waals surface area contributed by atoms with Crippen LogP contribution in [0.5, 0.6) is 0 Å². The van der Waals surface area contributed by atoms with Gasteiger partial charge in [0.2, 0.25) is 0 Å². The topological polar surface area (TPSA) is 35.5 Å². The Labute approximate surface area is 86.1 Å². The molecular weight excluding hydrogens is 180 g/mol. The van der Waals surface area contributed by atoms with Crippen molar-refractivity contribution in [1.82, 2.24) is 0 Å². The maximum atomic E-state index is 11.1. The molecule has 0 atom stereocenters. The van der Waals surface area contributed by atoms with Crippen LogP contribution in [-0.4, -0.2) is 25.3 Å². The lowest BCUT2D eigenvalue weighted by molar-refractivity contribution is -0.137. The van der Waals surface area contributed by atoms with Gasteiger partial charge in [-0.1, -0.05) is 5.57 Å². The van der Waals surface area contributed by atoms with Crippen molar-refractivity contribution in [2.45, 2.75) is 39.7 Å². The van der Waals surface area contributed by atoms with Gasteiger partial charge in [-0.3, -0.25) is 0 Å². The molecule has 0 amide bonds. The minimum atomic E-state index is -0.281. The second-order valence-corrected chi connectivity index (χ2v) is 3.88. The minimum Gasteiger partial charge on any atom is -0.463 e. The highest BCUT2D eigenvalue weighted by atomic mass is 16.5. The van der Waals surface area contributed by atoms with E-state index >= 15 is 0 Å².